The SMILES string of the molecule is COC(C=O)(OC)c1cc2ccccc2o1. The second-order valence-electron chi connectivity index (χ2n) is 3.34. The molecule has 0 amide bonds. The zero-order chi connectivity index (χ0) is 11.6. The Morgan fingerprint density at radius 2 is 1.94 bits per heavy atom. The van der Waals surface area contributed by atoms with Crippen molar-refractivity contribution in [3.63, 3.8) is 0 Å². The predicted octanol–water partition coefficient (Wildman–Crippen LogP) is 2.08. The van der Waals surface area contributed by atoms with Crippen LogP contribution in [0, 0.1) is 0 Å². The second kappa shape index (κ2) is 4.08. The lowest BCUT2D eigenvalue weighted by Gasteiger charge is -2.21. The Morgan fingerprint density at radius 3 is 2.50 bits per heavy atom. The Labute approximate surface area is 92.8 Å². The third kappa shape index (κ3) is 1.52. The van der Waals surface area contributed by atoms with Gasteiger partial charge in [0.15, 0.2) is 12.0 Å². The van der Waals surface area contributed by atoms with Crippen LogP contribution in [-0.4, -0.2) is 20.5 Å². The maximum absolute atomic E-state index is 11.1. The summed E-state index contributed by atoms with van der Waals surface area (Å²) in [7, 11) is 2.79. The number of fused-ring (bicyclic) bond motifs is 1. The summed E-state index contributed by atoms with van der Waals surface area (Å²) < 4.78 is 15.7. The third-order valence-electron chi connectivity index (χ3n) is 2.53. The van der Waals surface area contributed by atoms with Crippen molar-refractivity contribution in [3.05, 3.63) is 36.1 Å². The van der Waals surface area contributed by atoms with Crippen molar-refractivity contribution in [2.24, 2.45) is 0 Å². The van der Waals surface area contributed by atoms with E-state index in [4.69, 9.17) is 13.9 Å². The maximum atomic E-state index is 11.1. The normalized spacial score (nSPS) is 11.9. The number of ether oxygens (including phenoxy) is 2. The van der Waals surface area contributed by atoms with Crippen molar-refractivity contribution >= 4 is 17.3 Å². The minimum atomic E-state index is -1.46. The largest absolute Gasteiger partial charge is 0.455 e. The number of benzene rings is 1. The first-order valence-corrected chi connectivity index (χ1v) is 4.81. The summed E-state index contributed by atoms with van der Waals surface area (Å²) >= 11 is 0. The van der Waals surface area contributed by atoms with Crippen molar-refractivity contribution in [1.29, 1.82) is 0 Å². The molecule has 0 bridgehead atoms. The van der Waals surface area contributed by atoms with Gasteiger partial charge in [-0.3, -0.25) is 4.79 Å². The number of carbonyl (C=O) groups is 1. The highest BCUT2D eigenvalue weighted by molar-refractivity contribution is 5.79. The molecule has 1 aromatic carbocycles. The molecule has 0 unspecified atom stereocenters. The third-order valence-corrected chi connectivity index (χ3v) is 2.53. The topological polar surface area (TPSA) is 48.7 Å². The van der Waals surface area contributed by atoms with E-state index in [1.54, 1.807) is 6.07 Å². The minimum absolute atomic E-state index is 0.341. The number of hydrogen-bond acceptors (Lipinski definition) is 4. The van der Waals surface area contributed by atoms with Crippen LogP contribution in [0.3, 0.4) is 0 Å². The summed E-state index contributed by atoms with van der Waals surface area (Å²) in [4.78, 5) is 11.1. The van der Waals surface area contributed by atoms with Gasteiger partial charge in [-0.1, -0.05) is 18.2 Å². The average Bonchev–Trinajstić information content (AvgIpc) is 2.76. The van der Waals surface area contributed by atoms with Crippen LogP contribution in [0.1, 0.15) is 5.76 Å². The Bertz CT molecular complexity index is 463. The zero-order valence-corrected chi connectivity index (χ0v) is 9.10. The van der Waals surface area contributed by atoms with Gasteiger partial charge < -0.3 is 13.9 Å². The van der Waals surface area contributed by atoms with Crippen LogP contribution < -0.4 is 0 Å². The first-order valence-electron chi connectivity index (χ1n) is 4.81. The smallest absolute Gasteiger partial charge is 0.286 e. The molecular weight excluding hydrogens is 208 g/mol. The van der Waals surface area contributed by atoms with Gasteiger partial charge in [-0.15, -0.1) is 0 Å². The van der Waals surface area contributed by atoms with Crippen molar-refractivity contribution in [2.45, 2.75) is 5.79 Å². The van der Waals surface area contributed by atoms with Gasteiger partial charge in [-0.2, -0.15) is 0 Å². The van der Waals surface area contributed by atoms with Gasteiger partial charge in [-0.05, 0) is 12.1 Å². The number of methoxy groups -OCH3 is 2. The molecule has 2 rings (SSSR count). The molecule has 0 saturated carbocycles. The van der Waals surface area contributed by atoms with E-state index in [1.165, 1.54) is 14.2 Å². The molecule has 2 aromatic rings. The zero-order valence-electron chi connectivity index (χ0n) is 9.10. The summed E-state index contributed by atoms with van der Waals surface area (Å²) in [5, 5.41) is 0.901. The van der Waals surface area contributed by atoms with Crippen molar-refractivity contribution in [1.82, 2.24) is 0 Å². The van der Waals surface area contributed by atoms with E-state index < -0.39 is 5.79 Å². The lowest BCUT2D eigenvalue weighted by atomic mass is 10.2. The van der Waals surface area contributed by atoms with Gasteiger partial charge in [0.2, 0.25) is 0 Å². The van der Waals surface area contributed by atoms with Gasteiger partial charge in [-0.25, -0.2) is 0 Å². The summed E-state index contributed by atoms with van der Waals surface area (Å²) in [6, 6.07) is 9.20. The molecule has 0 N–H and O–H groups in total. The van der Waals surface area contributed by atoms with E-state index in [0.717, 1.165) is 5.39 Å². The van der Waals surface area contributed by atoms with Crippen LogP contribution in [0.2, 0.25) is 0 Å². The van der Waals surface area contributed by atoms with Crippen molar-refractivity contribution in [3.8, 4) is 0 Å². The molecule has 0 atom stereocenters. The predicted molar refractivity (Wildman–Crippen MR) is 58.0 cm³/mol. The van der Waals surface area contributed by atoms with Crippen LogP contribution in [0.15, 0.2) is 34.7 Å². The average molecular weight is 220 g/mol. The Balaban J connectivity index is 2.57. The van der Waals surface area contributed by atoms with E-state index in [2.05, 4.69) is 0 Å². The molecule has 0 spiro atoms. The van der Waals surface area contributed by atoms with E-state index in [1.807, 2.05) is 24.3 Å². The molecular formula is C12H12O4. The van der Waals surface area contributed by atoms with E-state index >= 15 is 0 Å². The fourth-order valence-electron chi connectivity index (χ4n) is 1.59. The molecule has 4 heteroatoms. The van der Waals surface area contributed by atoms with Crippen LogP contribution in [0.25, 0.3) is 11.0 Å². The fraction of sp³-hybridized carbons (Fsp3) is 0.250. The lowest BCUT2D eigenvalue weighted by Crippen LogP contribution is -2.31. The Morgan fingerprint density at radius 1 is 1.25 bits per heavy atom. The number of rotatable bonds is 4. The second-order valence-corrected chi connectivity index (χ2v) is 3.34. The monoisotopic (exact) mass is 220 g/mol. The molecule has 0 aliphatic heterocycles. The maximum Gasteiger partial charge on any atom is 0.286 e. The molecule has 0 aliphatic rings. The number of aldehydes is 1. The van der Waals surface area contributed by atoms with Gasteiger partial charge in [0.1, 0.15) is 5.58 Å². The van der Waals surface area contributed by atoms with Crippen LogP contribution in [-0.2, 0) is 20.1 Å². The quantitative estimate of drug-likeness (QED) is 0.584. The highest BCUT2D eigenvalue weighted by atomic mass is 16.7. The molecule has 1 aromatic heterocycles. The number of carbonyl (C=O) groups excluding carboxylic acids is 1. The van der Waals surface area contributed by atoms with E-state index in [9.17, 15) is 4.79 Å². The molecule has 0 saturated heterocycles. The Kier molecular flexibility index (Phi) is 2.77. The minimum Gasteiger partial charge on any atom is -0.455 e. The van der Waals surface area contributed by atoms with Gasteiger partial charge in [0.05, 0.1) is 0 Å². The van der Waals surface area contributed by atoms with Crippen LogP contribution in [0.5, 0.6) is 0 Å². The van der Waals surface area contributed by atoms with Gasteiger partial charge >= 0.3 is 0 Å². The highest BCUT2D eigenvalue weighted by Gasteiger charge is 2.35. The van der Waals surface area contributed by atoms with Crippen molar-refractivity contribution < 1.29 is 18.7 Å². The molecule has 4 nitrogen and oxygen atoms in total. The van der Waals surface area contributed by atoms with Crippen molar-refractivity contribution in [2.75, 3.05) is 14.2 Å². The summed E-state index contributed by atoms with van der Waals surface area (Å²) in [5.74, 6) is -1.12. The van der Waals surface area contributed by atoms with Gasteiger partial charge in [0, 0.05) is 19.6 Å². The van der Waals surface area contributed by atoms with E-state index in [0.29, 0.717) is 17.6 Å². The first kappa shape index (κ1) is 10.9. The summed E-state index contributed by atoms with van der Waals surface area (Å²) in [6.07, 6.45) is 0.574. The van der Waals surface area contributed by atoms with Crippen LogP contribution >= 0.6 is 0 Å². The molecule has 16 heavy (non-hydrogen) atoms. The molecule has 1 heterocycles. The first-order chi connectivity index (χ1) is 7.75. The highest BCUT2D eigenvalue weighted by Crippen LogP contribution is 2.29. The van der Waals surface area contributed by atoms with Gasteiger partial charge in [0.25, 0.3) is 5.79 Å². The lowest BCUT2D eigenvalue weighted by molar-refractivity contribution is -0.208. The fourth-order valence-corrected chi connectivity index (χ4v) is 1.59. The van der Waals surface area contributed by atoms with E-state index in [-0.39, 0.29) is 0 Å². The molecule has 0 radical (unpaired) electrons. The summed E-state index contributed by atoms with van der Waals surface area (Å²) in [5.41, 5.74) is 0.692. The standard InChI is InChI=1S/C12H12O4/c1-14-12(8-13,15-2)11-7-9-5-3-4-6-10(9)16-11/h3-8H,1-2H3. The number of para-hydroxylation sites is 1. The Hall–Kier alpha value is -1.65. The summed E-state index contributed by atoms with van der Waals surface area (Å²) in [6.45, 7) is 0. The number of furan rings is 1. The van der Waals surface area contributed by atoms with Crippen LogP contribution in [0.4, 0.5) is 0 Å². The molecule has 0 fully saturated rings. The molecule has 84 valence electrons. The number of hydrogen-bond donors (Lipinski definition) is 0. The molecule has 0 aliphatic carbocycles.